The van der Waals surface area contributed by atoms with E-state index in [4.69, 9.17) is 8.83 Å². The SMILES string of the molecule is CCc1sc(-c2nnc(CSc3nnc(-c4ccccc4)o3)o2)cc1C. The van der Waals surface area contributed by atoms with E-state index >= 15 is 0 Å². The van der Waals surface area contributed by atoms with Crippen LogP contribution in [0.25, 0.3) is 22.2 Å². The molecule has 0 spiro atoms. The highest BCUT2D eigenvalue weighted by molar-refractivity contribution is 7.98. The van der Waals surface area contributed by atoms with Crippen LogP contribution in [0.1, 0.15) is 23.3 Å². The highest BCUT2D eigenvalue weighted by atomic mass is 32.2. The van der Waals surface area contributed by atoms with E-state index in [1.54, 1.807) is 11.3 Å². The summed E-state index contributed by atoms with van der Waals surface area (Å²) in [6, 6.07) is 11.8. The van der Waals surface area contributed by atoms with Crippen molar-refractivity contribution >= 4 is 23.1 Å². The highest BCUT2D eigenvalue weighted by Crippen LogP contribution is 2.32. The summed E-state index contributed by atoms with van der Waals surface area (Å²) in [5.41, 5.74) is 2.16. The lowest BCUT2D eigenvalue weighted by molar-refractivity contribution is 0.464. The number of rotatable bonds is 6. The molecule has 0 bridgehead atoms. The average Bonchev–Trinajstić information content (AvgIpc) is 3.40. The van der Waals surface area contributed by atoms with Crippen molar-refractivity contribution in [3.05, 3.63) is 52.7 Å². The van der Waals surface area contributed by atoms with Gasteiger partial charge in [0.25, 0.3) is 11.1 Å². The molecule has 0 radical (unpaired) electrons. The maximum absolute atomic E-state index is 5.77. The van der Waals surface area contributed by atoms with Crippen molar-refractivity contribution in [2.75, 3.05) is 0 Å². The number of hydrogen-bond donors (Lipinski definition) is 0. The highest BCUT2D eigenvalue weighted by Gasteiger charge is 2.15. The molecule has 3 heterocycles. The lowest BCUT2D eigenvalue weighted by atomic mass is 10.2. The molecule has 3 aromatic heterocycles. The Bertz CT molecular complexity index is 1010. The first kappa shape index (κ1) is 17.0. The minimum absolute atomic E-state index is 0.476. The van der Waals surface area contributed by atoms with Gasteiger partial charge >= 0.3 is 0 Å². The molecule has 0 N–H and O–H groups in total. The van der Waals surface area contributed by atoms with Crippen LogP contribution in [-0.4, -0.2) is 20.4 Å². The molecule has 0 fully saturated rings. The summed E-state index contributed by atoms with van der Waals surface area (Å²) < 4.78 is 11.4. The van der Waals surface area contributed by atoms with Crippen molar-refractivity contribution in [2.45, 2.75) is 31.2 Å². The summed E-state index contributed by atoms with van der Waals surface area (Å²) in [5, 5.41) is 16.9. The monoisotopic (exact) mass is 384 g/mol. The third-order valence-electron chi connectivity index (χ3n) is 3.77. The quantitative estimate of drug-likeness (QED) is 0.432. The summed E-state index contributed by atoms with van der Waals surface area (Å²) in [6.45, 7) is 4.25. The number of hydrogen-bond acceptors (Lipinski definition) is 8. The summed E-state index contributed by atoms with van der Waals surface area (Å²) in [6.07, 6.45) is 1.01. The molecule has 1 aromatic carbocycles. The van der Waals surface area contributed by atoms with E-state index in [9.17, 15) is 0 Å². The first-order chi connectivity index (χ1) is 12.7. The van der Waals surface area contributed by atoms with Gasteiger partial charge in [-0.3, -0.25) is 0 Å². The van der Waals surface area contributed by atoms with Gasteiger partial charge in [-0.15, -0.1) is 31.7 Å². The second kappa shape index (κ2) is 7.43. The van der Waals surface area contributed by atoms with E-state index in [1.807, 2.05) is 30.3 Å². The number of aromatic nitrogens is 4. The molecule has 4 rings (SSSR count). The van der Waals surface area contributed by atoms with E-state index in [0.717, 1.165) is 16.9 Å². The van der Waals surface area contributed by atoms with Crippen LogP contribution in [-0.2, 0) is 12.2 Å². The molecule has 4 aromatic rings. The van der Waals surface area contributed by atoms with Gasteiger partial charge in [-0.1, -0.05) is 36.9 Å². The van der Waals surface area contributed by atoms with Crippen LogP contribution in [0.4, 0.5) is 0 Å². The second-order valence-corrected chi connectivity index (χ2v) is 7.66. The van der Waals surface area contributed by atoms with Crippen molar-refractivity contribution in [3.8, 4) is 22.2 Å². The number of benzene rings is 1. The molecule has 0 amide bonds. The molecule has 6 nitrogen and oxygen atoms in total. The molecule has 0 aliphatic carbocycles. The first-order valence-corrected chi connectivity index (χ1v) is 9.97. The van der Waals surface area contributed by atoms with E-state index in [0.29, 0.717) is 28.6 Å². The largest absolute Gasteiger partial charge is 0.419 e. The molecular weight excluding hydrogens is 368 g/mol. The fourth-order valence-electron chi connectivity index (χ4n) is 2.48. The van der Waals surface area contributed by atoms with Crippen LogP contribution in [0.5, 0.6) is 0 Å². The van der Waals surface area contributed by atoms with Crippen LogP contribution in [0.15, 0.2) is 50.5 Å². The lowest BCUT2D eigenvalue weighted by Crippen LogP contribution is -1.80. The number of thioether (sulfide) groups is 1. The van der Waals surface area contributed by atoms with Gasteiger partial charge in [0, 0.05) is 10.4 Å². The van der Waals surface area contributed by atoms with Gasteiger partial charge in [-0.25, -0.2) is 0 Å². The fraction of sp³-hybridized carbons (Fsp3) is 0.222. The Balaban J connectivity index is 1.43. The molecule has 0 aliphatic heterocycles. The molecule has 0 unspecified atom stereocenters. The van der Waals surface area contributed by atoms with Crippen molar-refractivity contribution in [2.24, 2.45) is 0 Å². The van der Waals surface area contributed by atoms with E-state index in [2.05, 4.69) is 40.3 Å². The molecule has 0 atom stereocenters. The molecule has 26 heavy (non-hydrogen) atoms. The second-order valence-electron chi connectivity index (χ2n) is 5.60. The predicted octanol–water partition coefficient (Wildman–Crippen LogP) is 5.01. The first-order valence-electron chi connectivity index (χ1n) is 8.16. The molecule has 0 saturated carbocycles. The third kappa shape index (κ3) is 3.56. The Labute approximate surface area is 158 Å². The number of thiophene rings is 1. The topological polar surface area (TPSA) is 77.8 Å². The standard InChI is InChI=1S/C18H16N4O2S2/c1-3-13-11(2)9-14(26-13)17-21-19-15(23-17)10-25-18-22-20-16(24-18)12-7-5-4-6-8-12/h4-9H,3,10H2,1-2H3. The third-order valence-corrected chi connectivity index (χ3v) is 5.94. The summed E-state index contributed by atoms with van der Waals surface area (Å²) >= 11 is 3.07. The fourth-order valence-corrected chi connectivity index (χ4v) is 4.11. The van der Waals surface area contributed by atoms with Crippen molar-refractivity contribution < 1.29 is 8.83 Å². The molecule has 0 aliphatic rings. The average molecular weight is 384 g/mol. The van der Waals surface area contributed by atoms with Gasteiger partial charge in [-0.05, 0) is 37.1 Å². The maximum Gasteiger partial charge on any atom is 0.277 e. The van der Waals surface area contributed by atoms with Gasteiger partial charge in [0.15, 0.2) is 0 Å². The van der Waals surface area contributed by atoms with Crippen molar-refractivity contribution in [1.29, 1.82) is 0 Å². The number of nitrogens with zero attached hydrogens (tertiary/aromatic N) is 4. The van der Waals surface area contributed by atoms with Gasteiger partial charge < -0.3 is 8.83 Å². The van der Waals surface area contributed by atoms with Gasteiger partial charge in [0.2, 0.25) is 11.8 Å². The zero-order valence-electron chi connectivity index (χ0n) is 14.3. The van der Waals surface area contributed by atoms with Gasteiger partial charge in [0.1, 0.15) is 0 Å². The predicted molar refractivity (Wildman–Crippen MR) is 101 cm³/mol. The van der Waals surface area contributed by atoms with Crippen LogP contribution >= 0.6 is 23.1 Å². The Morgan fingerprint density at radius 2 is 1.81 bits per heavy atom. The van der Waals surface area contributed by atoms with Crippen LogP contribution in [0.3, 0.4) is 0 Å². The van der Waals surface area contributed by atoms with E-state index in [1.165, 1.54) is 22.2 Å². The summed E-state index contributed by atoms with van der Waals surface area (Å²) in [5.74, 6) is 2.08. The molecule has 132 valence electrons. The molecule has 0 saturated heterocycles. The Hall–Kier alpha value is -2.45. The van der Waals surface area contributed by atoms with Crippen LogP contribution in [0.2, 0.25) is 0 Å². The lowest BCUT2D eigenvalue weighted by Gasteiger charge is -1.92. The smallest absolute Gasteiger partial charge is 0.277 e. The Morgan fingerprint density at radius 1 is 1.00 bits per heavy atom. The van der Waals surface area contributed by atoms with E-state index in [-0.39, 0.29) is 0 Å². The van der Waals surface area contributed by atoms with Crippen LogP contribution < -0.4 is 0 Å². The van der Waals surface area contributed by atoms with Crippen molar-refractivity contribution in [1.82, 2.24) is 20.4 Å². The Morgan fingerprint density at radius 3 is 2.58 bits per heavy atom. The summed E-state index contributed by atoms with van der Waals surface area (Å²) in [4.78, 5) is 2.35. The minimum atomic E-state index is 0.476. The van der Waals surface area contributed by atoms with Gasteiger partial charge in [0.05, 0.1) is 10.6 Å². The van der Waals surface area contributed by atoms with E-state index < -0.39 is 0 Å². The minimum Gasteiger partial charge on any atom is -0.419 e. The van der Waals surface area contributed by atoms with Crippen LogP contribution in [0, 0.1) is 6.92 Å². The number of aryl methyl sites for hydroxylation is 2. The normalized spacial score (nSPS) is 11.2. The molecular formula is C18H16N4O2S2. The van der Waals surface area contributed by atoms with Gasteiger partial charge in [-0.2, -0.15) is 0 Å². The Kier molecular flexibility index (Phi) is 4.85. The van der Waals surface area contributed by atoms with Crippen molar-refractivity contribution in [3.63, 3.8) is 0 Å². The molecule has 8 heteroatoms. The summed E-state index contributed by atoms with van der Waals surface area (Å²) in [7, 11) is 0. The maximum atomic E-state index is 5.77. The zero-order valence-corrected chi connectivity index (χ0v) is 15.9. The zero-order chi connectivity index (χ0) is 17.9.